The average molecular weight is 233 g/mol. The van der Waals surface area contributed by atoms with Gasteiger partial charge in [-0.25, -0.2) is 9.97 Å². The van der Waals surface area contributed by atoms with E-state index in [1.54, 1.807) is 13.8 Å². The van der Waals surface area contributed by atoms with Gasteiger partial charge in [-0.3, -0.25) is 0 Å². The van der Waals surface area contributed by atoms with E-state index in [0.29, 0.717) is 5.69 Å². The summed E-state index contributed by atoms with van der Waals surface area (Å²) in [5.74, 6) is 0.208. The molecule has 0 spiro atoms. The maximum atomic E-state index is 12.0. The number of aryl methyl sites for hydroxylation is 2. The Morgan fingerprint density at radius 3 is 2.50 bits per heavy atom. The molecule has 0 fully saturated rings. The van der Waals surface area contributed by atoms with Gasteiger partial charge >= 0.3 is 6.18 Å². The molecule has 0 radical (unpaired) electrons. The van der Waals surface area contributed by atoms with Crippen molar-refractivity contribution in [2.45, 2.75) is 38.9 Å². The van der Waals surface area contributed by atoms with Crippen LogP contribution in [0, 0.1) is 6.92 Å². The predicted octanol–water partition coefficient (Wildman–Crippen LogP) is 2.30. The third-order valence-electron chi connectivity index (χ3n) is 2.19. The third kappa shape index (κ3) is 3.77. The van der Waals surface area contributed by atoms with Crippen molar-refractivity contribution in [1.29, 1.82) is 0 Å². The van der Waals surface area contributed by atoms with Crippen molar-refractivity contribution in [3.05, 3.63) is 23.3 Å². The fraction of sp³-hybridized carbons (Fsp3) is 0.600. The highest BCUT2D eigenvalue weighted by Crippen LogP contribution is 2.21. The minimum atomic E-state index is -4.17. The average Bonchev–Trinajstić information content (AvgIpc) is 2.13. The predicted molar refractivity (Wildman–Crippen MR) is 53.7 cm³/mol. The second-order valence-electron chi connectivity index (χ2n) is 3.73. The lowest BCUT2D eigenvalue weighted by molar-refractivity contribution is -0.134. The summed E-state index contributed by atoms with van der Waals surface area (Å²) in [6, 6.07) is -0.211. The summed E-state index contributed by atoms with van der Waals surface area (Å²) in [7, 11) is 0. The van der Waals surface area contributed by atoms with Crippen LogP contribution in [0.4, 0.5) is 13.2 Å². The van der Waals surface area contributed by atoms with Gasteiger partial charge in [0, 0.05) is 29.9 Å². The van der Waals surface area contributed by atoms with Gasteiger partial charge in [0.25, 0.3) is 0 Å². The van der Waals surface area contributed by atoms with Crippen molar-refractivity contribution in [2.75, 3.05) is 0 Å². The molecule has 0 saturated heterocycles. The van der Waals surface area contributed by atoms with E-state index in [2.05, 4.69) is 9.97 Å². The minimum absolute atomic E-state index is 0.191. The maximum absolute atomic E-state index is 12.0. The van der Waals surface area contributed by atoms with Crippen LogP contribution in [0.3, 0.4) is 0 Å². The Balaban J connectivity index is 2.74. The molecule has 2 N–H and O–H groups in total. The second kappa shape index (κ2) is 4.78. The third-order valence-corrected chi connectivity index (χ3v) is 2.19. The monoisotopic (exact) mass is 233 g/mol. The molecule has 1 rings (SSSR count). The fourth-order valence-electron chi connectivity index (χ4n) is 1.35. The zero-order valence-corrected chi connectivity index (χ0v) is 9.17. The van der Waals surface area contributed by atoms with Crippen LogP contribution in [-0.4, -0.2) is 16.1 Å². The van der Waals surface area contributed by atoms with Crippen LogP contribution in [0.5, 0.6) is 0 Å². The van der Waals surface area contributed by atoms with Gasteiger partial charge in [0.05, 0.1) is 6.42 Å². The first kappa shape index (κ1) is 12.9. The van der Waals surface area contributed by atoms with Crippen LogP contribution >= 0.6 is 0 Å². The zero-order valence-electron chi connectivity index (χ0n) is 9.17. The number of alkyl halides is 3. The van der Waals surface area contributed by atoms with Crippen LogP contribution in [0.2, 0.25) is 0 Å². The van der Waals surface area contributed by atoms with E-state index in [4.69, 9.17) is 5.73 Å². The largest absolute Gasteiger partial charge is 0.389 e. The summed E-state index contributed by atoms with van der Waals surface area (Å²) in [5.41, 5.74) is 7.05. The van der Waals surface area contributed by atoms with Gasteiger partial charge < -0.3 is 5.73 Å². The van der Waals surface area contributed by atoms with Crippen molar-refractivity contribution in [3.8, 4) is 0 Å². The smallest absolute Gasteiger partial charge is 0.324 e. The highest BCUT2D eigenvalue weighted by atomic mass is 19.4. The summed E-state index contributed by atoms with van der Waals surface area (Å²) in [6.07, 6.45) is -3.76. The molecule has 0 aliphatic heterocycles. The molecule has 1 aromatic heterocycles. The molecule has 6 heteroatoms. The molecular formula is C10H14F3N3. The number of halogens is 3. The molecule has 0 bridgehead atoms. The van der Waals surface area contributed by atoms with Gasteiger partial charge in [0.1, 0.15) is 5.82 Å². The fourth-order valence-corrected chi connectivity index (χ4v) is 1.35. The Hall–Kier alpha value is -1.17. The van der Waals surface area contributed by atoms with Gasteiger partial charge in [-0.15, -0.1) is 0 Å². The first-order valence-electron chi connectivity index (χ1n) is 4.94. The number of nitrogens with zero attached hydrogens (tertiary/aromatic N) is 2. The quantitative estimate of drug-likeness (QED) is 0.871. The molecule has 0 saturated carbocycles. The van der Waals surface area contributed by atoms with E-state index in [1.165, 1.54) is 6.20 Å². The van der Waals surface area contributed by atoms with Crippen LogP contribution in [0.1, 0.15) is 36.5 Å². The molecule has 0 aromatic carbocycles. The zero-order chi connectivity index (χ0) is 12.3. The Morgan fingerprint density at radius 1 is 1.44 bits per heavy atom. The van der Waals surface area contributed by atoms with Crippen molar-refractivity contribution in [2.24, 2.45) is 5.73 Å². The summed E-state index contributed by atoms with van der Waals surface area (Å²) in [5, 5.41) is 0. The molecule has 0 unspecified atom stereocenters. The number of rotatable bonds is 3. The van der Waals surface area contributed by atoms with E-state index in [-0.39, 0.29) is 18.3 Å². The summed E-state index contributed by atoms with van der Waals surface area (Å²) >= 11 is 0. The van der Waals surface area contributed by atoms with E-state index >= 15 is 0 Å². The first-order valence-corrected chi connectivity index (χ1v) is 4.94. The van der Waals surface area contributed by atoms with Crippen LogP contribution in [0.15, 0.2) is 6.20 Å². The normalized spacial score (nSPS) is 13.9. The van der Waals surface area contributed by atoms with Gasteiger partial charge in [-0.1, -0.05) is 0 Å². The number of hydrogen-bond acceptors (Lipinski definition) is 3. The summed E-state index contributed by atoms with van der Waals surface area (Å²) in [4.78, 5) is 7.88. The van der Waals surface area contributed by atoms with E-state index in [0.717, 1.165) is 5.56 Å². The van der Waals surface area contributed by atoms with Crippen molar-refractivity contribution in [1.82, 2.24) is 9.97 Å². The van der Waals surface area contributed by atoms with E-state index in [9.17, 15) is 13.2 Å². The highest BCUT2D eigenvalue weighted by Gasteiger charge is 2.27. The van der Waals surface area contributed by atoms with E-state index < -0.39 is 12.6 Å². The molecule has 1 atom stereocenters. The second-order valence-corrected chi connectivity index (χ2v) is 3.73. The Labute approximate surface area is 91.9 Å². The lowest BCUT2D eigenvalue weighted by Crippen LogP contribution is -2.13. The first-order chi connectivity index (χ1) is 7.29. The molecule has 90 valence electrons. The van der Waals surface area contributed by atoms with Gasteiger partial charge in [0.2, 0.25) is 0 Å². The number of aromatic nitrogens is 2. The molecule has 1 aromatic rings. The van der Waals surface area contributed by atoms with Crippen LogP contribution in [0.25, 0.3) is 0 Å². The Bertz CT molecular complexity index is 361. The van der Waals surface area contributed by atoms with Crippen LogP contribution < -0.4 is 5.73 Å². The molecule has 1 heterocycles. The molecule has 0 aliphatic rings. The van der Waals surface area contributed by atoms with Crippen LogP contribution in [-0.2, 0) is 6.42 Å². The molecule has 16 heavy (non-hydrogen) atoms. The molecular weight excluding hydrogens is 219 g/mol. The summed E-state index contributed by atoms with van der Waals surface area (Å²) < 4.78 is 35.9. The van der Waals surface area contributed by atoms with Crippen molar-refractivity contribution in [3.63, 3.8) is 0 Å². The van der Waals surface area contributed by atoms with E-state index in [1.807, 2.05) is 0 Å². The molecule has 0 amide bonds. The Morgan fingerprint density at radius 2 is 2.06 bits per heavy atom. The maximum Gasteiger partial charge on any atom is 0.389 e. The van der Waals surface area contributed by atoms with Gasteiger partial charge in [-0.05, 0) is 13.8 Å². The Kier molecular flexibility index (Phi) is 3.85. The number of nitrogens with two attached hydrogens (primary N) is 1. The van der Waals surface area contributed by atoms with Crippen molar-refractivity contribution < 1.29 is 13.2 Å². The highest BCUT2D eigenvalue weighted by molar-refractivity contribution is 5.19. The topological polar surface area (TPSA) is 51.8 Å². The van der Waals surface area contributed by atoms with Gasteiger partial charge in [0.15, 0.2) is 0 Å². The van der Waals surface area contributed by atoms with Crippen molar-refractivity contribution >= 4 is 0 Å². The summed E-state index contributed by atoms with van der Waals surface area (Å²) in [6.45, 7) is 3.50. The lowest BCUT2D eigenvalue weighted by Gasteiger charge is -2.10. The molecule has 3 nitrogen and oxygen atoms in total. The molecule has 0 aliphatic carbocycles. The SMILES string of the molecule is Cc1nc(CCC(F)(F)F)ncc1[C@H](C)N. The van der Waals surface area contributed by atoms with Gasteiger partial charge in [-0.2, -0.15) is 13.2 Å². The minimum Gasteiger partial charge on any atom is -0.324 e. The standard InChI is InChI=1S/C10H14F3N3/c1-6(14)8-5-15-9(16-7(8)2)3-4-10(11,12)13/h5-6H,3-4,14H2,1-2H3/t6-/m0/s1. The number of hydrogen-bond donors (Lipinski definition) is 1. The lowest BCUT2D eigenvalue weighted by atomic mass is 10.1.